The number of carbonyl (C=O) groups is 5. The van der Waals surface area contributed by atoms with E-state index in [1.54, 1.807) is 6.20 Å². The predicted octanol–water partition coefficient (Wildman–Crippen LogP) is -0.913. The van der Waals surface area contributed by atoms with Gasteiger partial charge in [0.05, 0.1) is 12.5 Å². The summed E-state index contributed by atoms with van der Waals surface area (Å²) in [7, 11) is 0. The third kappa shape index (κ3) is 7.77. The first-order chi connectivity index (χ1) is 18.6. The van der Waals surface area contributed by atoms with Gasteiger partial charge in [-0.2, -0.15) is 0 Å². The zero-order chi connectivity index (χ0) is 28.5. The molecule has 212 valence electrons. The highest BCUT2D eigenvalue weighted by Crippen LogP contribution is 2.22. The van der Waals surface area contributed by atoms with E-state index in [9.17, 15) is 29.1 Å². The van der Waals surface area contributed by atoms with Gasteiger partial charge in [-0.3, -0.25) is 19.2 Å². The minimum Gasteiger partial charge on any atom is -0.480 e. The van der Waals surface area contributed by atoms with Crippen molar-refractivity contribution < 1.29 is 29.1 Å². The van der Waals surface area contributed by atoms with Crippen LogP contribution in [0.25, 0.3) is 10.9 Å². The van der Waals surface area contributed by atoms with Crippen LogP contribution in [0.2, 0.25) is 0 Å². The first-order valence-electron chi connectivity index (χ1n) is 13.0. The molecule has 4 amide bonds. The van der Waals surface area contributed by atoms with Gasteiger partial charge < -0.3 is 42.8 Å². The quantitative estimate of drug-likeness (QED) is 0.147. The van der Waals surface area contributed by atoms with Crippen molar-refractivity contribution in [3.05, 3.63) is 36.0 Å². The maximum absolute atomic E-state index is 13.4. The van der Waals surface area contributed by atoms with Crippen LogP contribution in [0, 0.1) is 0 Å². The van der Waals surface area contributed by atoms with Crippen LogP contribution in [0.1, 0.15) is 44.1 Å². The summed E-state index contributed by atoms with van der Waals surface area (Å²) in [4.78, 5) is 67.2. The number of hydrogen-bond donors (Lipinski definition) is 7. The van der Waals surface area contributed by atoms with Crippen LogP contribution in [-0.2, 0) is 30.4 Å². The Kier molecular flexibility index (Phi) is 10.4. The number of likely N-dealkylation sites (tertiary alicyclic amines) is 1. The molecule has 13 nitrogen and oxygen atoms in total. The molecule has 0 spiro atoms. The molecule has 4 atom stereocenters. The number of H-pyrrole nitrogens is 1. The molecule has 0 radical (unpaired) electrons. The van der Waals surface area contributed by atoms with Gasteiger partial charge in [0.1, 0.15) is 18.1 Å². The summed E-state index contributed by atoms with van der Waals surface area (Å²) in [5, 5.41) is 15.7. The van der Waals surface area contributed by atoms with E-state index in [0.717, 1.165) is 16.5 Å². The smallest absolute Gasteiger partial charge is 0.326 e. The Balaban J connectivity index is 1.69. The largest absolute Gasteiger partial charge is 0.480 e. The maximum Gasteiger partial charge on any atom is 0.326 e. The van der Waals surface area contributed by atoms with Gasteiger partial charge in [-0.05, 0) is 43.9 Å². The van der Waals surface area contributed by atoms with Gasteiger partial charge in [0.2, 0.25) is 23.6 Å². The number of unbranched alkanes of at least 4 members (excludes halogenated alkanes) is 1. The number of para-hydroxylation sites is 1. The summed E-state index contributed by atoms with van der Waals surface area (Å²) < 4.78 is 0. The number of carbonyl (C=O) groups excluding carboxylic acids is 4. The number of fused-ring (bicyclic) bond motifs is 1. The maximum atomic E-state index is 13.4. The molecule has 1 aliphatic heterocycles. The standard InChI is InChI=1S/C26H37N7O6/c27-10-4-3-7-17(28)23(35)31-19(13-22(29)34)25(37)33-11-5-9-21(33)24(36)32-20(26(38)39)12-15-14-30-18-8-2-1-6-16(15)18/h1-2,6,8,14,17,19-21,30H,3-5,7,9-13,27-28H2,(H2,29,34)(H,31,35)(H,32,36)(H,38,39). The Labute approximate surface area is 225 Å². The molecule has 4 unspecified atom stereocenters. The van der Waals surface area contributed by atoms with E-state index in [1.807, 2.05) is 24.3 Å². The van der Waals surface area contributed by atoms with Crippen molar-refractivity contribution in [1.82, 2.24) is 20.5 Å². The summed E-state index contributed by atoms with van der Waals surface area (Å²) in [5.41, 5.74) is 18.3. The fourth-order valence-electron chi connectivity index (χ4n) is 4.81. The minimum absolute atomic E-state index is 0.0359. The highest BCUT2D eigenvalue weighted by Gasteiger charge is 2.39. The van der Waals surface area contributed by atoms with Crippen LogP contribution in [0.4, 0.5) is 0 Å². The Morgan fingerprint density at radius 3 is 2.54 bits per heavy atom. The Morgan fingerprint density at radius 1 is 1.10 bits per heavy atom. The molecule has 0 saturated carbocycles. The molecular weight excluding hydrogens is 506 g/mol. The molecule has 3 rings (SSSR count). The number of nitrogens with zero attached hydrogens (tertiary/aromatic N) is 1. The first-order valence-corrected chi connectivity index (χ1v) is 13.0. The lowest BCUT2D eigenvalue weighted by Crippen LogP contribution is -2.57. The lowest BCUT2D eigenvalue weighted by Gasteiger charge is -2.29. The Bertz CT molecular complexity index is 1200. The number of aliphatic carboxylic acids is 1. The monoisotopic (exact) mass is 543 g/mol. The summed E-state index contributed by atoms with van der Waals surface area (Å²) in [5.74, 6) is -3.92. The summed E-state index contributed by atoms with van der Waals surface area (Å²) >= 11 is 0. The average molecular weight is 544 g/mol. The third-order valence-corrected chi connectivity index (χ3v) is 6.88. The SMILES string of the molecule is NCCCCC(N)C(=O)NC(CC(N)=O)C(=O)N1CCCC1C(=O)NC(Cc1c[nH]c2ccccc12)C(=O)O. The van der Waals surface area contributed by atoms with Gasteiger partial charge >= 0.3 is 5.97 Å². The Morgan fingerprint density at radius 2 is 1.85 bits per heavy atom. The number of nitrogens with one attached hydrogen (secondary N) is 3. The first kappa shape index (κ1) is 29.6. The van der Waals surface area contributed by atoms with Crippen molar-refractivity contribution in [3.63, 3.8) is 0 Å². The van der Waals surface area contributed by atoms with Crippen molar-refractivity contribution in [3.8, 4) is 0 Å². The zero-order valence-electron chi connectivity index (χ0n) is 21.7. The summed E-state index contributed by atoms with van der Waals surface area (Å²) in [6.07, 6.45) is 3.71. The molecule has 13 heteroatoms. The molecule has 1 aromatic carbocycles. The number of benzene rings is 1. The van der Waals surface area contributed by atoms with Crippen LogP contribution in [-0.4, -0.2) is 81.8 Å². The number of aromatic nitrogens is 1. The molecule has 0 bridgehead atoms. The average Bonchev–Trinajstić information content (AvgIpc) is 3.55. The van der Waals surface area contributed by atoms with Crippen LogP contribution in [0.5, 0.6) is 0 Å². The van der Waals surface area contributed by atoms with Crippen molar-refractivity contribution in [2.24, 2.45) is 17.2 Å². The van der Waals surface area contributed by atoms with E-state index in [2.05, 4.69) is 15.6 Å². The molecule has 39 heavy (non-hydrogen) atoms. The number of rotatable bonds is 14. The number of aromatic amines is 1. The summed E-state index contributed by atoms with van der Waals surface area (Å²) in [6, 6.07) is 3.01. The van der Waals surface area contributed by atoms with Gasteiger partial charge in [-0.15, -0.1) is 0 Å². The van der Waals surface area contributed by atoms with E-state index >= 15 is 0 Å². The molecule has 2 heterocycles. The second-order valence-electron chi connectivity index (χ2n) is 9.78. The van der Waals surface area contributed by atoms with E-state index in [-0.39, 0.29) is 13.0 Å². The summed E-state index contributed by atoms with van der Waals surface area (Å²) in [6.45, 7) is 0.658. The van der Waals surface area contributed by atoms with Gasteiger partial charge in [-0.1, -0.05) is 24.6 Å². The fourth-order valence-corrected chi connectivity index (χ4v) is 4.81. The van der Waals surface area contributed by atoms with Crippen molar-refractivity contribution >= 4 is 40.5 Å². The number of primary amides is 1. The fraction of sp³-hybridized carbons (Fsp3) is 0.500. The van der Waals surface area contributed by atoms with Gasteiger partial charge in [-0.25, -0.2) is 4.79 Å². The molecule has 0 aliphatic carbocycles. The van der Waals surface area contributed by atoms with Gasteiger partial charge in [0.25, 0.3) is 0 Å². The van der Waals surface area contributed by atoms with Crippen molar-refractivity contribution in [1.29, 1.82) is 0 Å². The minimum atomic E-state index is -1.30. The number of amides is 4. The van der Waals surface area contributed by atoms with Crippen LogP contribution in [0.15, 0.2) is 30.5 Å². The highest BCUT2D eigenvalue weighted by molar-refractivity contribution is 5.96. The van der Waals surface area contributed by atoms with Crippen molar-refractivity contribution in [2.45, 2.75) is 69.1 Å². The van der Waals surface area contributed by atoms with E-state index in [0.29, 0.717) is 38.6 Å². The second-order valence-corrected chi connectivity index (χ2v) is 9.78. The number of nitrogens with two attached hydrogens (primary N) is 3. The lowest BCUT2D eigenvalue weighted by molar-refractivity contribution is -0.145. The lowest BCUT2D eigenvalue weighted by atomic mass is 10.0. The predicted molar refractivity (Wildman–Crippen MR) is 143 cm³/mol. The van der Waals surface area contributed by atoms with E-state index in [4.69, 9.17) is 17.2 Å². The van der Waals surface area contributed by atoms with Crippen LogP contribution in [0.3, 0.4) is 0 Å². The highest BCUT2D eigenvalue weighted by atomic mass is 16.4. The van der Waals surface area contributed by atoms with E-state index in [1.165, 1.54) is 4.90 Å². The number of carboxylic acid groups (broad SMARTS) is 1. The second kappa shape index (κ2) is 13.7. The number of hydrogen-bond acceptors (Lipinski definition) is 7. The van der Waals surface area contributed by atoms with Gasteiger partial charge in [0, 0.05) is 30.1 Å². The molecule has 1 saturated heterocycles. The number of carboxylic acids is 1. The Hall–Kier alpha value is -3.97. The molecule has 10 N–H and O–H groups in total. The molecule has 2 aromatic rings. The third-order valence-electron chi connectivity index (χ3n) is 6.88. The molecule has 1 aromatic heterocycles. The normalized spacial score (nSPS) is 17.4. The van der Waals surface area contributed by atoms with Gasteiger partial charge in [0.15, 0.2) is 0 Å². The zero-order valence-corrected chi connectivity index (χ0v) is 21.7. The van der Waals surface area contributed by atoms with Crippen LogP contribution >= 0.6 is 0 Å². The van der Waals surface area contributed by atoms with E-state index < -0.39 is 60.2 Å². The van der Waals surface area contributed by atoms with Crippen molar-refractivity contribution in [2.75, 3.05) is 13.1 Å². The molecule has 1 aliphatic rings. The van der Waals surface area contributed by atoms with Crippen LogP contribution < -0.4 is 27.8 Å². The topological polar surface area (TPSA) is 227 Å². The molecular formula is C26H37N7O6. The molecule has 1 fully saturated rings.